The molecule has 1 aliphatic rings. The molecule has 1 N–H and O–H groups in total. The molecule has 0 aliphatic carbocycles. The number of nitrogens with one attached hydrogen (secondary N) is 1. The van der Waals surface area contributed by atoms with Gasteiger partial charge < -0.3 is 14.8 Å². The van der Waals surface area contributed by atoms with E-state index < -0.39 is 0 Å². The number of ether oxygens (including phenoxy) is 2. The predicted molar refractivity (Wildman–Crippen MR) is 68.3 cm³/mol. The number of benzene rings is 1. The van der Waals surface area contributed by atoms with E-state index in [1.165, 1.54) is 18.4 Å². The van der Waals surface area contributed by atoms with Gasteiger partial charge in [0, 0.05) is 19.7 Å². The molecular formula is C14H21NO2. The summed E-state index contributed by atoms with van der Waals surface area (Å²) in [4.78, 5) is 0. The lowest BCUT2D eigenvalue weighted by Gasteiger charge is -2.11. The van der Waals surface area contributed by atoms with Crippen LogP contribution in [0.5, 0.6) is 5.75 Å². The third kappa shape index (κ3) is 4.02. The molecule has 1 aromatic rings. The third-order valence-electron chi connectivity index (χ3n) is 2.93. The molecule has 1 heterocycles. The molecule has 0 saturated carbocycles. The third-order valence-corrected chi connectivity index (χ3v) is 2.93. The SMILES string of the molecule is CCOc1cccc(CNCC2CCCO2)c1. The first kappa shape index (κ1) is 12.4. The molecule has 1 saturated heterocycles. The van der Waals surface area contributed by atoms with Crippen molar-refractivity contribution in [2.24, 2.45) is 0 Å². The molecular weight excluding hydrogens is 214 g/mol. The highest BCUT2D eigenvalue weighted by molar-refractivity contribution is 5.28. The molecule has 1 fully saturated rings. The summed E-state index contributed by atoms with van der Waals surface area (Å²) in [7, 11) is 0. The van der Waals surface area contributed by atoms with Crippen molar-refractivity contribution in [1.82, 2.24) is 5.32 Å². The van der Waals surface area contributed by atoms with Crippen molar-refractivity contribution in [2.45, 2.75) is 32.4 Å². The highest BCUT2D eigenvalue weighted by Gasteiger charge is 2.14. The standard InChI is InChI=1S/C14H21NO2/c1-2-16-13-6-3-5-12(9-13)10-15-11-14-7-4-8-17-14/h3,5-6,9,14-15H,2,4,7-8,10-11H2,1H3. The quantitative estimate of drug-likeness (QED) is 0.821. The largest absolute Gasteiger partial charge is 0.494 e. The smallest absolute Gasteiger partial charge is 0.119 e. The van der Waals surface area contributed by atoms with E-state index in [-0.39, 0.29) is 0 Å². The molecule has 0 radical (unpaired) electrons. The minimum Gasteiger partial charge on any atom is -0.494 e. The van der Waals surface area contributed by atoms with Crippen LogP contribution in [0.2, 0.25) is 0 Å². The second-order valence-corrected chi connectivity index (χ2v) is 4.35. The molecule has 1 unspecified atom stereocenters. The van der Waals surface area contributed by atoms with Crippen LogP contribution >= 0.6 is 0 Å². The average molecular weight is 235 g/mol. The minimum atomic E-state index is 0.407. The van der Waals surface area contributed by atoms with Gasteiger partial charge in [-0.1, -0.05) is 12.1 Å². The monoisotopic (exact) mass is 235 g/mol. The molecule has 1 aromatic carbocycles. The molecule has 0 spiro atoms. The van der Waals surface area contributed by atoms with Crippen LogP contribution in [0.3, 0.4) is 0 Å². The summed E-state index contributed by atoms with van der Waals surface area (Å²) < 4.78 is 11.0. The Morgan fingerprint density at radius 2 is 2.41 bits per heavy atom. The topological polar surface area (TPSA) is 30.5 Å². The first-order valence-corrected chi connectivity index (χ1v) is 6.42. The Morgan fingerprint density at radius 3 is 3.18 bits per heavy atom. The Hall–Kier alpha value is -1.06. The van der Waals surface area contributed by atoms with E-state index in [0.29, 0.717) is 12.7 Å². The van der Waals surface area contributed by atoms with Gasteiger partial charge in [0.2, 0.25) is 0 Å². The molecule has 94 valence electrons. The van der Waals surface area contributed by atoms with Crippen molar-refractivity contribution < 1.29 is 9.47 Å². The Morgan fingerprint density at radius 1 is 1.47 bits per heavy atom. The van der Waals surface area contributed by atoms with E-state index in [1.54, 1.807) is 0 Å². The summed E-state index contributed by atoms with van der Waals surface area (Å²) in [6.07, 6.45) is 2.79. The number of hydrogen-bond acceptors (Lipinski definition) is 3. The van der Waals surface area contributed by atoms with Crippen molar-refractivity contribution >= 4 is 0 Å². The fourth-order valence-corrected chi connectivity index (χ4v) is 2.09. The van der Waals surface area contributed by atoms with Crippen molar-refractivity contribution in [3.05, 3.63) is 29.8 Å². The number of hydrogen-bond donors (Lipinski definition) is 1. The molecule has 17 heavy (non-hydrogen) atoms. The van der Waals surface area contributed by atoms with Gasteiger partial charge in [-0.25, -0.2) is 0 Å². The molecule has 3 heteroatoms. The molecule has 1 aliphatic heterocycles. The maximum Gasteiger partial charge on any atom is 0.119 e. The second-order valence-electron chi connectivity index (χ2n) is 4.35. The molecule has 3 nitrogen and oxygen atoms in total. The van der Waals surface area contributed by atoms with Crippen LogP contribution in [-0.2, 0) is 11.3 Å². The molecule has 0 bridgehead atoms. The Balaban J connectivity index is 1.75. The zero-order chi connectivity index (χ0) is 11.9. The van der Waals surface area contributed by atoms with Crippen LogP contribution in [0.4, 0.5) is 0 Å². The van der Waals surface area contributed by atoms with Crippen LogP contribution in [-0.4, -0.2) is 25.9 Å². The van der Waals surface area contributed by atoms with Gasteiger partial charge in [0.1, 0.15) is 5.75 Å². The van der Waals surface area contributed by atoms with Gasteiger partial charge in [-0.05, 0) is 37.5 Å². The molecule has 0 amide bonds. The first-order chi connectivity index (χ1) is 8.38. The van der Waals surface area contributed by atoms with Crippen LogP contribution < -0.4 is 10.1 Å². The predicted octanol–water partition coefficient (Wildman–Crippen LogP) is 2.35. The van der Waals surface area contributed by atoms with Gasteiger partial charge in [0.05, 0.1) is 12.7 Å². The molecule has 2 rings (SSSR count). The summed E-state index contributed by atoms with van der Waals surface area (Å²) in [5.41, 5.74) is 1.26. The van der Waals surface area contributed by atoms with Crippen LogP contribution in [0.1, 0.15) is 25.3 Å². The number of rotatable bonds is 6. The van der Waals surface area contributed by atoms with Crippen LogP contribution in [0.25, 0.3) is 0 Å². The van der Waals surface area contributed by atoms with Gasteiger partial charge in [-0.2, -0.15) is 0 Å². The highest BCUT2D eigenvalue weighted by atomic mass is 16.5. The van der Waals surface area contributed by atoms with E-state index >= 15 is 0 Å². The fourth-order valence-electron chi connectivity index (χ4n) is 2.09. The van der Waals surface area contributed by atoms with Crippen molar-refractivity contribution in [3.63, 3.8) is 0 Å². The van der Waals surface area contributed by atoms with Crippen LogP contribution in [0.15, 0.2) is 24.3 Å². The lowest BCUT2D eigenvalue weighted by molar-refractivity contribution is 0.110. The zero-order valence-corrected chi connectivity index (χ0v) is 10.4. The minimum absolute atomic E-state index is 0.407. The van der Waals surface area contributed by atoms with Gasteiger partial charge >= 0.3 is 0 Å². The first-order valence-electron chi connectivity index (χ1n) is 6.42. The lowest BCUT2D eigenvalue weighted by Crippen LogP contribution is -2.25. The zero-order valence-electron chi connectivity index (χ0n) is 10.4. The van der Waals surface area contributed by atoms with E-state index in [1.807, 2.05) is 19.1 Å². The highest BCUT2D eigenvalue weighted by Crippen LogP contribution is 2.14. The van der Waals surface area contributed by atoms with Crippen molar-refractivity contribution in [1.29, 1.82) is 0 Å². The van der Waals surface area contributed by atoms with E-state index in [9.17, 15) is 0 Å². The van der Waals surface area contributed by atoms with Crippen molar-refractivity contribution in [3.8, 4) is 5.75 Å². The lowest BCUT2D eigenvalue weighted by atomic mass is 10.2. The summed E-state index contributed by atoms with van der Waals surface area (Å²) in [6.45, 7) is 5.46. The summed E-state index contributed by atoms with van der Waals surface area (Å²) in [6, 6.07) is 8.23. The van der Waals surface area contributed by atoms with Crippen LogP contribution in [0, 0.1) is 0 Å². The average Bonchev–Trinajstić information content (AvgIpc) is 2.83. The Bertz CT molecular complexity index is 335. The van der Waals surface area contributed by atoms with E-state index in [2.05, 4.69) is 17.4 Å². The van der Waals surface area contributed by atoms with E-state index in [0.717, 1.165) is 25.4 Å². The summed E-state index contributed by atoms with van der Waals surface area (Å²) >= 11 is 0. The van der Waals surface area contributed by atoms with E-state index in [4.69, 9.17) is 9.47 Å². The second kappa shape index (κ2) is 6.62. The Kier molecular flexibility index (Phi) is 4.83. The maximum atomic E-state index is 5.57. The van der Waals surface area contributed by atoms with Gasteiger partial charge in [0.25, 0.3) is 0 Å². The van der Waals surface area contributed by atoms with Crippen molar-refractivity contribution in [2.75, 3.05) is 19.8 Å². The fraction of sp³-hybridized carbons (Fsp3) is 0.571. The summed E-state index contributed by atoms with van der Waals surface area (Å²) in [5.74, 6) is 0.948. The summed E-state index contributed by atoms with van der Waals surface area (Å²) in [5, 5.41) is 3.43. The van der Waals surface area contributed by atoms with Gasteiger partial charge in [0.15, 0.2) is 0 Å². The normalized spacial score (nSPS) is 19.5. The molecule has 0 aromatic heterocycles. The molecule has 1 atom stereocenters. The Labute approximate surface area is 103 Å². The maximum absolute atomic E-state index is 5.57. The van der Waals surface area contributed by atoms with Gasteiger partial charge in [-0.3, -0.25) is 0 Å². The van der Waals surface area contributed by atoms with Gasteiger partial charge in [-0.15, -0.1) is 0 Å².